The first-order valence-electron chi connectivity index (χ1n) is 6.61. The molecule has 0 radical (unpaired) electrons. The van der Waals surface area contributed by atoms with Crippen LogP contribution in [0.2, 0.25) is 0 Å². The minimum absolute atomic E-state index is 0.272. The van der Waals surface area contributed by atoms with E-state index in [1.165, 1.54) is 6.20 Å². The van der Waals surface area contributed by atoms with Gasteiger partial charge in [-0.15, -0.1) is 0 Å². The number of anilines is 1. The Kier molecular flexibility index (Phi) is 4.59. The summed E-state index contributed by atoms with van der Waals surface area (Å²) in [7, 11) is -2.95. The molecule has 0 bridgehead atoms. The monoisotopic (exact) mass is 298 g/mol. The molecule has 2 heterocycles. The second kappa shape index (κ2) is 6.21. The predicted octanol–water partition coefficient (Wildman–Crippen LogP) is 1.25. The van der Waals surface area contributed by atoms with Crippen molar-refractivity contribution in [2.45, 2.75) is 25.0 Å². The first-order chi connectivity index (χ1) is 9.53. The molecule has 0 spiro atoms. The zero-order valence-corrected chi connectivity index (χ0v) is 12.1. The maximum Gasteiger partial charge on any atom is 0.339 e. The van der Waals surface area contributed by atoms with E-state index in [0.29, 0.717) is 31.0 Å². The molecule has 1 saturated heterocycles. The Morgan fingerprint density at radius 2 is 2.30 bits per heavy atom. The third-order valence-corrected chi connectivity index (χ3v) is 5.52. The van der Waals surface area contributed by atoms with E-state index in [0.717, 1.165) is 6.42 Å². The van der Waals surface area contributed by atoms with Gasteiger partial charge in [-0.3, -0.25) is 0 Å². The van der Waals surface area contributed by atoms with Crippen molar-refractivity contribution in [1.29, 1.82) is 0 Å². The van der Waals surface area contributed by atoms with Gasteiger partial charge in [-0.25, -0.2) is 18.2 Å². The maximum atomic E-state index is 11.7. The average molecular weight is 298 g/mol. The van der Waals surface area contributed by atoms with E-state index in [-0.39, 0.29) is 11.0 Å². The van der Waals surface area contributed by atoms with Gasteiger partial charge in [-0.05, 0) is 31.9 Å². The van der Waals surface area contributed by atoms with Crippen LogP contribution in [0.15, 0.2) is 18.3 Å². The Labute approximate surface area is 118 Å². The zero-order valence-electron chi connectivity index (χ0n) is 11.3. The van der Waals surface area contributed by atoms with Gasteiger partial charge < -0.3 is 10.1 Å². The van der Waals surface area contributed by atoms with Crippen LogP contribution in [0.5, 0.6) is 0 Å². The van der Waals surface area contributed by atoms with Crippen LogP contribution in [0.1, 0.15) is 30.1 Å². The number of carbonyl (C=O) groups excluding carboxylic acids is 1. The van der Waals surface area contributed by atoms with Crippen LogP contribution in [0.4, 0.5) is 5.82 Å². The first kappa shape index (κ1) is 14.8. The second-order valence-electron chi connectivity index (χ2n) is 4.66. The van der Waals surface area contributed by atoms with Gasteiger partial charge in [0.2, 0.25) is 0 Å². The van der Waals surface area contributed by atoms with E-state index in [1.54, 1.807) is 19.1 Å². The number of hydrogen-bond acceptors (Lipinski definition) is 6. The van der Waals surface area contributed by atoms with Crippen molar-refractivity contribution in [3.05, 3.63) is 23.9 Å². The van der Waals surface area contributed by atoms with Crippen molar-refractivity contribution in [3.63, 3.8) is 0 Å². The Bertz CT molecular complexity index is 569. The highest BCUT2D eigenvalue weighted by Gasteiger charge is 2.30. The fourth-order valence-corrected chi connectivity index (χ4v) is 3.90. The molecule has 7 heteroatoms. The molecular weight excluding hydrogens is 280 g/mol. The summed E-state index contributed by atoms with van der Waals surface area (Å²) in [6, 6.07) is 3.25. The Morgan fingerprint density at radius 3 is 2.85 bits per heavy atom. The summed E-state index contributed by atoms with van der Waals surface area (Å²) in [5.41, 5.74) is 0.380. The summed E-state index contributed by atoms with van der Waals surface area (Å²) in [6.45, 7) is 2.41. The number of hydrogen-bond donors (Lipinski definition) is 1. The molecule has 2 rings (SSSR count). The molecule has 1 unspecified atom stereocenters. The van der Waals surface area contributed by atoms with E-state index in [9.17, 15) is 13.2 Å². The normalized spacial score (nSPS) is 20.6. The van der Waals surface area contributed by atoms with Gasteiger partial charge in [0, 0.05) is 12.7 Å². The maximum absolute atomic E-state index is 11.7. The molecule has 1 N–H and O–H groups in total. The third-order valence-electron chi connectivity index (χ3n) is 3.25. The molecule has 0 aromatic carbocycles. The minimum Gasteiger partial charge on any atom is -0.462 e. The third kappa shape index (κ3) is 3.47. The number of nitrogens with one attached hydrogen (secondary N) is 1. The van der Waals surface area contributed by atoms with Crippen LogP contribution in [-0.4, -0.2) is 43.5 Å². The smallest absolute Gasteiger partial charge is 0.339 e. The van der Waals surface area contributed by atoms with Gasteiger partial charge in [0.05, 0.1) is 23.2 Å². The van der Waals surface area contributed by atoms with Crippen molar-refractivity contribution in [1.82, 2.24) is 4.98 Å². The van der Waals surface area contributed by atoms with E-state index in [2.05, 4.69) is 10.3 Å². The standard InChI is InChI=1S/C13H18N2O4S/c1-2-19-13(16)10-5-6-12(14-8-10)15-9-11-4-3-7-20(11,17)18/h5-6,8,11H,2-4,7,9H2,1H3,(H,14,15). The van der Waals surface area contributed by atoms with Crippen LogP contribution >= 0.6 is 0 Å². The van der Waals surface area contributed by atoms with Crippen LogP contribution < -0.4 is 5.32 Å². The number of nitrogens with zero attached hydrogens (tertiary/aromatic N) is 1. The summed E-state index contributed by atoms with van der Waals surface area (Å²) in [6.07, 6.45) is 2.84. The molecule has 1 aromatic rings. The van der Waals surface area contributed by atoms with Gasteiger partial charge in [0.15, 0.2) is 9.84 Å². The number of ether oxygens (including phenoxy) is 1. The second-order valence-corrected chi connectivity index (χ2v) is 7.07. The number of aromatic nitrogens is 1. The summed E-state index contributed by atoms with van der Waals surface area (Å²) >= 11 is 0. The molecule has 1 aliphatic rings. The van der Waals surface area contributed by atoms with Crippen LogP contribution in [-0.2, 0) is 14.6 Å². The number of esters is 1. The van der Waals surface area contributed by atoms with Crippen LogP contribution in [0, 0.1) is 0 Å². The molecule has 1 aromatic heterocycles. The number of carbonyl (C=O) groups is 1. The van der Waals surface area contributed by atoms with Gasteiger partial charge in [0.1, 0.15) is 5.82 Å². The number of pyridine rings is 1. The largest absolute Gasteiger partial charge is 0.462 e. The highest BCUT2D eigenvalue weighted by Crippen LogP contribution is 2.20. The first-order valence-corrected chi connectivity index (χ1v) is 8.33. The Balaban J connectivity index is 1.93. The number of rotatable bonds is 5. The Hall–Kier alpha value is -1.63. The van der Waals surface area contributed by atoms with Gasteiger partial charge >= 0.3 is 5.97 Å². The molecule has 110 valence electrons. The zero-order chi connectivity index (χ0) is 14.6. The lowest BCUT2D eigenvalue weighted by molar-refractivity contribution is 0.0526. The quantitative estimate of drug-likeness (QED) is 0.823. The van der Waals surface area contributed by atoms with E-state index in [1.807, 2.05) is 0 Å². The SMILES string of the molecule is CCOC(=O)c1ccc(NCC2CCCS2(=O)=O)nc1. The molecule has 1 aliphatic heterocycles. The van der Waals surface area contributed by atoms with Gasteiger partial charge in [0.25, 0.3) is 0 Å². The lowest BCUT2D eigenvalue weighted by Gasteiger charge is -2.11. The van der Waals surface area contributed by atoms with Gasteiger partial charge in [-0.2, -0.15) is 0 Å². The molecular formula is C13H18N2O4S. The van der Waals surface area contributed by atoms with Crippen molar-refractivity contribution < 1.29 is 17.9 Å². The van der Waals surface area contributed by atoms with Crippen molar-refractivity contribution in [2.24, 2.45) is 0 Å². The summed E-state index contributed by atoms with van der Waals surface area (Å²) in [5.74, 6) is 0.416. The summed E-state index contributed by atoms with van der Waals surface area (Å²) in [5, 5.41) is 2.66. The van der Waals surface area contributed by atoms with E-state index >= 15 is 0 Å². The van der Waals surface area contributed by atoms with E-state index < -0.39 is 15.8 Å². The average Bonchev–Trinajstić information content (AvgIpc) is 2.76. The topological polar surface area (TPSA) is 85.4 Å². The molecule has 0 amide bonds. The molecule has 20 heavy (non-hydrogen) atoms. The highest BCUT2D eigenvalue weighted by molar-refractivity contribution is 7.92. The minimum atomic E-state index is -2.95. The number of sulfone groups is 1. The van der Waals surface area contributed by atoms with Crippen molar-refractivity contribution in [2.75, 3.05) is 24.2 Å². The van der Waals surface area contributed by atoms with Crippen molar-refractivity contribution in [3.8, 4) is 0 Å². The van der Waals surface area contributed by atoms with Gasteiger partial charge in [-0.1, -0.05) is 0 Å². The highest BCUT2D eigenvalue weighted by atomic mass is 32.2. The molecule has 6 nitrogen and oxygen atoms in total. The fourth-order valence-electron chi connectivity index (χ4n) is 2.14. The van der Waals surface area contributed by atoms with Crippen molar-refractivity contribution >= 4 is 21.6 Å². The van der Waals surface area contributed by atoms with Crippen LogP contribution in [0.25, 0.3) is 0 Å². The lowest BCUT2D eigenvalue weighted by atomic mass is 10.2. The summed E-state index contributed by atoms with van der Waals surface area (Å²) < 4.78 is 28.2. The molecule has 0 aliphatic carbocycles. The molecule has 1 atom stereocenters. The predicted molar refractivity (Wildman–Crippen MR) is 75.5 cm³/mol. The van der Waals surface area contributed by atoms with E-state index in [4.69, 9.17) is 4.74 Å². The fraction of sp³-hybridized carbons (Fsp3) is 0.538. The molecule has 0 saturated carbocycles. The summed E-state index contributed by atoms with van der Waals surface area (Å²) in [4.78, 5) is 15.5. The Morgan fingerprint density at radius 1 is 1.50 bits per heavy atom. The van der Waals surface area contributed by atoms with Crippen LogP contribution in [0.3, 0.4) is 0 Å². The lowest BCUT2D eigenvalue weighted by Crippen LogP contribution is -2.25. The molecule has 1 fully saturated rings.